The highest BCUT2D eigenvalue weighted by atomic mass is 16.6. The number of hydrogen-bond acceptors (Lipinski definition) is 4. The van der Waals surface area contributed by atoms with Gasteiger partial charge in [0.1, 0.15) is 5.75 Å². The predicted octanol–water partition coefficient (Wildman–Crippen LogP) is 2.36. The molecule has 0 unspecified atom stereocenters. The molecule has 1 aromatic rings. The van der Waals surface area contributed by atoms with E-state index in [-0.39, 0.29) is 18.0 Å². The van der Waals surface area contributed by atoms with Crippen LogP contribution in [0, 0.1) is 0 Å². The van der Waals surface area contributed by atoms with Crippen LogP contribution in [0.15, 0.2) is 24.3 Å². The van der Waals surface area contributed by atoms with Gasteiger partial charge in [-0.15, -0.1) is 0 Å². The Morgan fingerprint density at radius 2 is 2.04 bits per heavy atom. The van der Waals surface area contributed by atoms with E-state index in [9.17, 15) is 9.59 Å². The number of carbonyl (C=O) groups is 2. The van der Waals surface area contributed by atoms with E-state index in [1.807, 2.05) is 24.3 Å². The standard InChI is InChI=1S/C18H26N2O4/c1-3-24-18(22)20-11-9-15(10-12-20)19-17(21)8-7-14-5-4-6-16(13-14)23-2/h4-6,13,15H,3,7-12H2,1-2H3,(H,19,21). The largest absolute Gasteiger partial charge is 0.497 e. The average Bonchev–Trinajstić information content (AvgIpc) is 2.61. The topological polar surface area (TPSA) is 67.9 Å². The number of nitrogens with zero attached hydrogens (tertiary/aromatic N) is 1. The third kappa shape index (κ3) is 5.44. The van der Waals surface area contributed by atoms with Crippen LogP contribution in [0.25, 0.3) is 0 Å². The lowest BCUT2D eigenvalue weighted by Crippen LogP contribution is -2.46. The lowest BCUT2D eigenvalue weighted by molar-refractivity contribution is -0.122. The number of piperidine rings is 1. The summed E-state index contributed by atoms with van der Waals surface area (Å²) in [6.07, 6.45) is 2.41. The van der Waals surface area contributed by atoms with Crippen LogP contribution in [0.3, 0.4) is 0 Å². The van der Waals surface area contributed by atoms with E-state index in [1.165, 1.54) is 0 Å². The molecule has 2 rings (SSSR count). The van der Waals surface area contributed by atoms with Crippen molar-refractivity contribution in [2.24, 2.45) is 0 Å². The summed E-state index contributed by atoms with van der Waals surface area (Å²) in [4.78, 5) is 25.5. The number of nitrogens with one attached hydrogen (secondary N) is 1. The summed E-state index contributed by atoms with van der Waals surface area (Å²) in [6.45, 7) is 3.44. The Morgan fingerprint density at radius 3 is 2.71 bits per heavy atom. The molecule has 6 heteroatoms. The van der Waals surface area contributed by atoms with Gasteiger partial charge in [-0.25, -0.2) is 4.79 Å². The second kappa shape index (κ2) is 9.15. The molecule has 0 bridgehead atoms. The van der Waals surface area contributed by atoms with E-state index in [1.54, 1.807) is 18.9 Å². The number of likely N-dealkylation sites (tertiary alicyclic amines) is 1. The monoisotopic (exact) mass is 334 g/mol. The molecule has 0 spiro atoms. The van der Waals surface area contributed by atoms with Gasteiger partial charge in [-0.1, -0.05) is 12.1 Å². The third-order valence-electron chi connectivity index (χ3n) is 4.16. The van der Waals surface area contributed by atoms with Crippen LogP contribution in [-0.4, -0.2) is 49.7 Å². The zero-order chi connectivity index (χ0) is 17.4. The van der Waals surface area contributed by atoms with Crippen LogP contribution in [0.4, 0.5) is 4.79 Å². The molecule has 24 heavy (non-hydrogen) atoms. The van der Waals surface area contributed by atoms with Gasteiger partial charge in [-0.05, 0) is 43.9 Å². The van der Waals surface area contributed by atoms with E-state index in [0.717, 1.165) is 24.2 Å². The Labute approximate surface area is 143 Å². The number of methoxy groups -OCH3 is 1. The zero-order valence-corrected chi connectivity index (χ0v) is 14.4. The summed E-state index contributed by atoms with van der Waals surface area (Å²) in [6, 6.07) is 7.89. The van der Waals surface area contributed by atoms with Gasteiger partial charge >= 0.3 is 6.09 Å². The molecule has 1 heterocycles. The minimum atomic E-state index is -0.264. The molecule has 0 aromatic heterocycles. The zero-order valence-electron chi connectivity index (χ0n) is 14.4. The van der Waals surface area contributed by atoms with Crippen molar-refractivity contribution in [3.8, 4) is 5.75 Å². The molecule has 6 nitrogen and oxygen atoms in total. The molecule has 1 aliphatic heterocycles. The lowest BCUT2D eigenvalue weighted by Gasteiger charge is -2.31. The number of ether oxygens (including phenoxy) is 2. The summed E-state index contributed by atoms with van der Waals surface area (Å²) < 4.78 is 10.2. The third-order valence-corrected chi connectivity index (χ3v) is 4.16. The Kier molecular flexibility index (Phi) is 6.90. The number of aryl methyl sites for hydroxylation is 1. The van der Waals surface area contributed by atoms with E-state index in [0.29, 0.717) is 32.5 Å². The molecule has 1 aromatic carbocycles. The predicted molar refractivity (Wildman–Crippen MR) is 91.1 cm³/mol. The Hall–Kier alpha value is -2.24. The summed E-state index contributed by atoms with van der Waals surface area (Å²) >= 11 is 0. The van der Waals surface area contributed by atoms with Crippen molar-refractivity contribution in [2.75, 3.05) is 26.8 Å². The molecule has 132 valence electrons. The molecule has 2 amide bonds. The van der Waals surface area contributed by atoms with Gasteiger partial charge in [-0.3, -0.25) is 4.79 Å². The van der Waals surface area contributed by atoms with Crippen LogP contribution in [-0.2, 0) is 16.0 Å². The fourth-order valence-corrected chi connectivity index (χ4v) is 2.81. The van der Waals surface area contributed by atoms with Crippen molar-refractivity contribution in [2.45, 2.75) is 38.6 Å². The fourth-order valence-electron chi connectivity index (χ4n) is 2.81. The Bertz CT molecular complexity index is 554. The first kappa shape index (κ1) is 18.1. The molecule has 0 saturated carbocycles. The first-order valence-electron chi connectivity index (χ1n) is 8.46. The molecule has 1 saturated heterocycles. The van der Waals surface area contributed by atoms with Gasteiger partial charge in [0.15, 0.2) is 0 Å². The van der Waals surface area contributed by atoms with Crippen molar-refractivity contribution in [3.05, 3.63) is 29.8 Å². The maximum atomic E-state index is 12.1. The Morgan fingerprint density at radius 1 is 1.29 bits per heavy atom. The number of benzene rings is 1. The smallest absolute Gasteiger partial charge is 0.409 e. The minimum Gasteiger partial charge on any atom is -0.497 e. The SMILES string of the molecule is CCOC(=O)N1CCC(NC(=O)CCc2cccc(OC)c2)CC1. The van der Waals surface area contributed by atoms with Gasteiger partial charge in [0.25, 0.3) is 0 Å². The van der Waals surface area contributed by atoms with Crippen LogP contribution < -0.4 is 10.1 Å². The summed E-state index contributed by atoms with van der Waals surface area (Å²) in [7, 11) is 1.63. The number of amides is 2. The van der Waals surface area contributed by atoms with E-state index < -0.39 is 0 Å². The summed E-state index contributed by atoms with van der Waals surface area (Å²) in [5, 5.41) is 3.06. The average molecular weight is 334 g/mol. The fraction of sp³-hybridized carbons (Fsp3) is 0.556. The molecule has 1 aliphatic rings. The summed E-state index contributed by atoms with van der Waals surface area (Å²) in [5.41, 5.74) is 1.08. The molecular formula is C18H26N2O4. The van der Waals surface area contributed by atoms with Gasteiger partial charge in [0.2, 0.25) is 5.91 Å². The van der Waals surface area contributed by atoms with Crippen molar-refractivity contribution < 1.29 is 19.1 Å². The van der Waals surface area contributed by atoms with Gasteiger partial charge in [0.05, 0.1) is 13.7 Å². The highest BCUT2D eigenvalue weighted by Gasteiger charge is 2.24. The second-order valence-corrected chi connectivity index (χ2v) is 5.88. The van der Waals surface area contributed by atoms with E-state index in [2.05, 4.69) is 5.32 Å². The molecule has 1 fully saturated rings. The van der Waals surface area contributed by atoms with Crippen molar-refractivity contribution in [1.29, 1.82) is 0 Å². The molecule has 0 aliphatic carbocycles. The van der Waals surface area contributed by atoms with Crippen LogP contribution in [0.5, 0.6) is 5.75 Å². The highest BCUT2D eigenvalue weighted by Crippen LogP contribution is 2.15. The number of rotatable bonds is 6. The van der Waals surface area contributed by atoms with Crippen molar-refractivity contribution >= 4 is 12.0 Å². The quantitative estimate of drug-likeness (QED) is 0.867. The van der Waals surface area contributed by atoms with E-state index >= 15 is 0 Å². The van der Waals surface area contributed by atoms with Crippen LogP contribution in [0.1, 0.15) is 31.7 Å². The van der Waals surface area contributed by atoms with Gasteiger partial charge < -0.3 is 19.7 Å². The first-order valence-corrected chi connectivity index (χ1v) is 8.46. The highest BCUT2D eigenvalue weighted by molar-refractivity contribution is 5.76. The van der Waals surface area contributed by atoms with Gasteiger partial charge in [0, 0.05) is 25.6 Å². The minimum absolute atomic E-state index is 0.0485. The maximum Gasteiger partial charge on any atom is 0.409 e. The molecule has 1 N–H and O–H groups in total. The Balaban J connectivity index is 1.70. The summed E-state index contributed by atoms with van der Waals surface area (Å²) in [5.74, 6) is 0.853. The van der Waals surface area contributed by atoms with Crippen molar-refractivity contribution in [1.82, 2.24) is 10.2 Å². The van der Waals surface area contributed by atoms with Crippen LogP contribution >= 0.6 is 0 Å². The normalized spacial score (nSPS) is 15.0. The van der Waals surface area contributed by atoms with Gasteiger partial charge in [-0.2, -0.15) is 0 Å². The second-order valence-electron chi connectivity index (χ2n) is 5.88. The maximum absolute atomic E-state index is 12.1. The van der Waals surface area contributed by atoms with E-state index in [4.69, 9.17) is 9.47 Å². The van der Waals surface area contributed by atoms with Crippen LogP contribution in [0.2, 0.25) is 0 Å². The first-order chi connectivity index (χ1) is 11.6. The number of carbonyl (C=O) groups excluding carboxylic acids is 2. The molecular weight excluding hydrogens is 308 g/mol. The number of hydrogen-bond donors (Lipinski definition) is 1. The molecule has 0 radical (unpaired) electrons. The van der Waals surface area contributed by atoms with Crippen molar-refractivity contribution in [3.63, 3.8) is 0 Å². The molecule has 0 atom stereocenters. The lowest BCUT2D eigenvalue weighted by atomic mass is 10.0.